The van der Waals surface area contributed by atoms with Crippen molar-refractivity contribution in [3.63, 3.8) is 0 Å². The lowest BCUT2D eigenvalue weighted by Crippen LogP contribution is -2.41. The smallest absolute Gasteiger partial charge is 0.251 e. The van der Waals surface area contributed by atoms with Crippen LogP contribution in [0, 0.1) is 5.92 Å². The molecule has 0 unspecified atom stereocenters. The Morgan fingerprint density at radius 2 is 1.88 bits per heavy atom. The molecular formula is C12H17NO3. The fraction of sp³-hybridized carbons (Fsp3) is 0.417. The Balaban J connectivity index is 2.68. The van der Waals surface area contributed by atoms with Gasteiger partial charge in [-0.2, -0.15) is 0 Å². The summed E-state index contributed by atoms with van der Waals surface area (Å²) in [6, 6.07) is 5.75. The van der Waals surface area contributed by atoms with Crippen molar-refractivity contribution in [3.05, 3.63) is 29.8 Å². The van der Waals surface area contributed by atoms with Gasteiger partial charge in [-0.15, -0.1) is 0 Å². The number of phenols is 1. The second-order valence-electron chi connectivity index (χ2n) is 4.05. The highest BCUT2D eigenvalue weighted by Gasteiger charge is 2.15. The number of phenolic OH excluding ortho intramolecular Hbond substituents is 1. The summed E-state index contributed by atoms with van der Waals surface area (Å²) in [5.41, 5.74) is 0.469. The standard InChI is InChI=1S/C12H17NO3/c1-8(2)11(7-14)13-12(16)9-3-5-10(15)6-4-9/h3-6,8,11,14-15H,7H2,1-2H3,(H,13,16)/t11-/m1/s1. The first kappa shape index (κ1) is 12.5. The van der Waals surface area contributed by atoms with Crippen molar-refractivity contribution in [1.29, 1.82) is 0 Å². The molecule has 0 spiro atoms. The molecule has 4 heteroatoms. The van der Waals surface area contributed by atoms with Gasteiger partial charge in [-0.25, -0.2) is 0 Å². The third-order valence-corrected chi connectivity index (χ3v) is 2.45. The fourth-order valence-corrected chi connectivity index (χ4v) is 1.29. The van der Waals surface area contributed by atoms with E-state index in [0.29, 0.717) is 5.56 Å². The fourth-order valence-electron chi connectivity index (χ4n) is 1.29. The Kier molecular flexibility index (Phi) is 4.31. The number of hydrogen-bond donors (Lipinski definition) is 3. The first-order valence-corrected chi connectivity index (χ1v) is 5.25. The number of nitrogens with one attached hydrogen (secondary N) is 1. The predicted octanol–water partition coefficient (Wildman–Crippen LogP) is 1.14. The molecule has 0 aliphatic carbocycles. The Bertz CT molecular complexity index is 346. The summed E-state index contributed by atoms with van der Waals surface area (Å²) in [4.78, 5) is 11.7. The van der Waals surface area contributed by atoms with Crippen LogP contribution in [-0.2, 0) is 0 Å². The van der Waals surface area contributed by atoms with Crippen molar-refractivity contribution in [3.8, 4) is 5.75 Å². The summed E-state index contributed by atoms with van der Waals surface area (Å²) in [6.45, 7) is 3.78. The molecule has 1 atom stereocenters. The largest absolute Gasteiger partial charge is 0.508 e. The molecule has 4 nitrogen and oxygen atoms in total. The molecular weight excluding hydrogens is 206 g/mol. The number of benzene rings is 1. The van der Waals surface area contributed by atoms with Gasteiger partial charge in [0.25, 0.3) is 5.91 Å². The lowest BCUT2D eigenvalue weighted by molar-refractivity contribution is 0.0897. The zero-order chi connectivity index (χ0) is 12.1. The maximum Gasteiger partial charge on any atom is 0.251 e. The van der Waals surface area contributed by atoms with Crippen LogP contribution >= 0.6 is 0 Å². The molecule has 1 aromatic carbocycles. The highest BCUT2D eigenvalue weighted by Crippen LogP contribution is 2.10. The number of rotatable bonds is 4. The summed E-state index contributed by atoms with van der Waals surface area (Å²) in [6.07, 6.45) is 0. The molecule has 16 heavy (non-hydrogen) atoms. The molecule has 0 saturated carbocycles. The lowest BCUT2D eigenvalue weighted by Gasteiger charge is -2.19. The maximum atomic E-state index is 11.7. The van der Waals surface area contributed by atoms with E-state index < -0.39 is 0 Å². The van der Waals surface area contributed by atoms with Gasteiger partial charge >= 0.3 is 0 Å². The van der Waals surface area contributed by atoms with Gasteiger partial charge in [0.05, 0.1) is 12.6 Å². The van der Waals surface area contributed by atoms with E-state index in [0.717, 1.165) is 0 Å². The molecule has 1 aromatic rings. The van der Waals surface area contributed by atoms with E-state index >= 15 is 0 Å². The summed E-state index contributed by atoms with van der Waals surface area (Å²) in [7, 11) is 0. The van der Waals surface area contributed by atoms with Gasteiger partial charge in [0.15, 0.2) is 0 Å². The number of aliphatic hydroxyl groups is 1. The van der Waals surface area contributed by atoms with Crippen LogP contribution in [0.25, 0.3) is 0 Å². The van der Waals surface area contributed by atoms with E-state index in [-0.39, 0.29) is 30.2 Å². The highest BCUT2D eigenvalue weighted by atomic mass is 16.3. The summed E-state index contributed by atoms with van der Waals surface area (Å²) < 4.78 is 0. The van der Waals surface area contributed by atoms with Gasteiger partial charge in [0.2, 0.25) is 0 Å². The quantitative estimate of drug-likeness (QED) is 0.717. The molecule has 0 saturated heterocycles. The van der Waals surface area contributed by atoms with Crippen LogP contribution in [0.3, 0.4) is 0 Å². The van der Waals surface area contributed by atoms with Crippen LogP contribution in [-0.4, -0.2) is 28.8 Å². The summed E-state index contributed by atoms with van der Waals surface area (Å²) in [5.74, 6) is 0.0536. The molecule has 0 heterocycles. The molecule has 0 aliphatic rings. The van der Waals surface area contributed by atoms with Crippen molar-refractivity contribution >= 4 is 5.91 Å². The van der Waals surface area contributed by atoms with Crippen LogP contribution in [0.5, 0.6) is 5.75 Å². The maximum absolute atomic E-state index is 11.7. The zero-order valence-corrected chi connectivity index (χ0v) is 9.47. The van der Waals surface area contributed by atoms with Gasteiger partial charge in [-0.1, -0.05) is 13.8 Å². The zero-order valence-electron chi connectivity index (χ0n) is 9.47. The Morgan fingerprint density at radius 1 is 1.31 bits per heavy atom. The van der Waals surface area contributed by atoms with Crippen LogP contribution < -0.4 is 5.32 Å². The molecule has 1 rings (SSSR count). The second-order valence-corrected chi connectivity index (χ2v) is 4.05. The van der Waals surface area contributed by atoms with E-state index in [9.17, 15) is 4.79 Å². The summed E-state index contributed by atoms with van der Waals surface area (Å²) in [5, 5.41) is 20.9. The highest BCUT2D eigenvalue weighted by molar-refractivity contribution is 5.94. The van der Waals surface area contributed by atoms with Gasteiger partial charge in [-0.05, 0) is 30.2 Å². The van der Waals surface area contributed by atoms with E-state index in [1.807, 2.05) is 13.8 Å². The third kappa shape index (κ3) is 3.24. The molecule has 0 radical (unpaired) electrons. The molecule has 3 N–H and O–H groups in total. The monoisotopic (exact) mass is 223 g/mol. The van der Waals surface area contributed by atoms with Gasteiger partial charge < -0.3 is 15.5 Å². The number of aliphatic hydroxyl groups excluding tert-OH is 1. The van der Waals surface area contributed by atoms with Crippen LogP contribution in [0.2, 0.25) is 0 Å². The van der Waals surface area contributed by atoms with Crippen molar-refractivity contribution in [2.75, 3.05) is 6.61 Å². The van der Waals surface area contributed by atoms with Crippen molar-refractivity contribution in [2.24, 2.45) is 5.92 Å². The van der Waals surface area contributed by atoms with Gasteiger partial charge in [0, 0.05) is 5.56 Å². The first-order chi connectivity index (χ1) is 7.54. The molecule has 88 valence electrons. The first-order valence-electron chi connectivity index (χ1n) is 5.25. The molecule has 0 aliphatic heterocycles. The minimum absolute atomic E-state index is 0.0819. The number of carbonyl (C=O) groups excluding carboxylic acids is 1. The van der Waals surface area contributed by atoms with Crippen LogP contribution in [0.1, 0.15) is 24.2 Å². The topological polar surface area (TPSA) is 69.6 Å². The van der Waals surface area contributed by atoms with E-state index in [1.54, 1.807) is 12.1 Å². The van der Waals surface area contributed by atoms with Crippen molar-refractivity contribution < 1.29 is 15.0 Å². The summed E-state index contributed by atoms with van der Waals surface area (Å²) >= 11 is 0. The van der Waals surface area contributed by atoms with Crippen LogP contribution in [0.15, 0.2) is 24.3 Å². The van der Waals surface area contributed by atoms with Crippen molar-refractivity contribution in [1.82, 2.24) is 5.32 Å². The van der Waals surface area contributed by atoms with E-state index in [1.165, 1.54) is 12.1 Å². The van der Waals surface area contributed by atoms with Gasteiger partial charge in [0.1, 0.15) is 5.75 Å². The Morgan fingerprint density at radius 3 is 2.31 bits per heavy atom. The number of amides is 1. The SMILES string of the molecule is CC(C)[C@@H](CO)NC(=O)c1ccc(O)cc1. The van der Waals surface area contributed by atoms with Gasteiger partial charge in [-0.3, -0.25) is 4.79 Å². The lowest BCUT2D eigenvalue weighted by atomic mass is 10.0. The number of carbonyl (C=O) groups is 1. The third-order valence-electron chi connectivity index (χ3n) is 2.45. The Labute approximate surface area is 94.9 Å². The minimum Gasteiger partial charge on any atom is -0.508 e. The van der Waals surface area contributed by atoms with E-state index in [2.05, 4.69) is 5.32 Å². The molecule has 0 bridgehead atoms. The average molecular weight is 223 g/mol. The average Bonchev–Trinajstić information content (AvgIpc) is 2.26. The normalized spacial score (nSPS) is 12.5. The molecule has 0 aromatic heterocycles. The molecule has 0 fully saturated rings. The van der Waals surface area contributed by atoms with Crippen LogP contribution in [0.4, 0.5) is 0 Å². The minimum atomic E-state index is -0.249. The number of hydrogen-bond acceptors (Lipinski definition) is 3. The Hall–Kier alpha value is -1.55. The van der Waals surface area contributed by atoms with Crippen molar-refractivity contribution in [2.45, 2.75) is 19.9 Å². The second kappa shape index (κ2) is 5.51. The van der Waals surface area contributed by atoms with E-state index in [4.69, 9.17) is 10.2 Å². The molecule has 1 amide bonds. The number of aromatic hydroxyl groups is 1. The predicted molar refractivity (Wildman–Crippen MR) is 61.3 cm³/mol.